The summed E-state index contributed by atoms with van der Waals surface area (Å²) in [6.07, 6.45) is 2.36. The van der Waals surface area contributed by atoms with E-state index < -0.39 is 0 Å². The summed E-state index contributed by atoms with van der Waals surface area (Å²) in [6.45, 7) is 4.28. The Morgan fingerprint density at radius 1 is 1.41 bits per heavy atom. The topological polar surface area (TPSA) is 52.6 Å². The average Bonchev–Trinajstić information content (AvgIpc) is 2.76. The van der Waals surface area contributed by atoms with Crippen LogP contribution in [0, 0.1) is 6.92 Å². The number of carbonyl (C=O) groups is 1. The van der Waals surface area contributed by atoms with Crippen LogP contribution in [0.4, 0.5) is 5.69 Å². The van der Waals surface area contributed by atoms with E-state index in [1.807, 2.05) is 6.92 Å². The number of amides is 1. The number of phenols is 1. The van der Waals surface area contributed by atoms with Gasteiger partial charge in [-0.05, 0) is 44.5 Å². The van der Waals surface area contributed by atoms with E-state index in [9.17, 15) is 9.90 Å². The molecule has 1 aliphatic heterocycles. The second-order valence-electron chi connectivity index (χ2n) is 4.53. The SMILES string of the molecule is Cc1ccc(NC(=O)CN2CCCC2)cc1O. The number of hydrogen-bond donors (Lipinski definition) is 2. The molecule has 4 heteroatoms. The molecule has 1 aliphatic rings. The molecule has 1 aromatic carbocycles. The molecule has 1 fully saturated rings. The van der Waals surface area contributed by atoms with Crippen molar-refractivity contribution in [2.24, 2.45) is 0 Å². The molecule has 1 aromatic rings. The van der Waals surface area contributed by atoms with E-state index in [-0.39, 0.29) is 11.7 Å². The van der Waals surface area contributed by atoms with Gasteiger partial charge >= 0.3 is 0 Å². The van der Waals surface area contributed by atoms with Gasteiger partial charge in [-0.2, -0.15) is 0 Å². The smallest absolute Gasteiger partial charge is 0.238 e. The molecule has 0 aromatic heterocycles. The van der Waals surface area contributed by atoms with E-state index >= 15 is 0 Å². The zero-order valence-corrected chi connectivity index (χ0v) is 10.1. The highest BCUT2D eigenvalue weighted by atomic mass is 16.3. The Hall–Kier alpha value is -1.55. The first-order valence-corrected chi connectivity index (χ1v) is 5.97. The van der Waals surface area contributed by atoms with Gasteiger partial charge in [-0.15, -0.1) is 0 Å². The number of carbonyl (C=O) groups excluding carboxylic acids is 1. The number of anilines is 1. The number of aryl methyl sites for hydroxylation is 1. The first-order valence-electron chi connectivity index (χ1n) is 5.97. The first kappa shape index (κ1) is 11.9. The number of benzene rings is 1. The second kappa shape index (κ2) is 5.19. The Morgan fingerprint density at radius 2 is 2.12 bits per heavy atom. The average molecular weight is 234 g/mol. The zero-order chi connectivity index (χ0) is 12.3. The highest BCUT2D eigenvalue weighted by Crippen LogP contribution is 2.20. The summed E-state index contributed by atoms with van der Waals surface area (Å²) in [7, 11) is 0. The van der Waals surface area contributed by atoms with Gasteiger partial charge in [0.05, 0.1) is 6.54 Å². The Balaban J connectivity index is 1.90. The molecular weight excluding hydrogens is 216 g/mol. The predicted molar refractivity (Wildman–Crippen MR) is 67.1 cm³/mol. The minimum absolute atomic E-state index is 0.0184. The molecular formula is C13H18N2O2. The number of rotatable bonds is 3. The molecule has 92 valence electrons. The van der Waals surface area contributed by atoms with Crippen LogP contribution in [0.2, 0.25) is 0 Å². The van der Waals surface area contributed by atoms with Crippen molar-refractivity contribution >= 4 is 11.6 Å². The Bertz CT molecular complexity index is 412. The van der Waals surface area contributed by atoms with Crippen LogP contribution in [0.3, 0.4) is 0 Å². The normalized spacial score (nSPS) is 16.1. The molecule has 0 unspecified atom stereocenters. The molecule has 0 atom stereocenters. The summed E-state index contributed by atoms with van der Waals surface area (Å²) in [5, 5.41) is 12.3. The van der Waals surface area contributed by atoms with Gasteiger partial charge in [-0.1, -0.05) is 6.07 Å². The van der Waals surface area contributed by atoms with Gasteiger partial charge in [0.2, 0.25) is 5.91 Å². The highest BCUT2D eigenvalue weighted by Gasteiger charge is 2.15. The number of aromatic hydroxyl groups is 1. The van der Waals surface area contributed by atoms with Crippen molar-refractivity contribution in [3.05, 3.63) is 23.8 Å². The second-order valence-corrected chi connectivity index (χ2v) is 4.53. The van der Waals surface area contributed by atoms with E-state index in [1.165, 1.54) is 12.8 Å². The van der Waals surface area contributed by atoms with E-state index in [2.05, 4.69) is 10.2 Å². The van der Waals surface area contributed by atoms with Crippen LogP contribution in [0.1, 0.15) is 18.4 Å². The maximum absolute atomic E-state index is 11.7. The first-order chi connectivity index (χ1) is 8.15. The highest BCUT2D eigenvalue weighted by molar-refractivity contribution is 5.92. The molecule has 0 saturated carbocycles. The lowest BCUT2D eigenvalue weighted by Crippen LogP contribution is -2.30. The van der Waals surface area contributed by atoms with Gasteiger partial charge in [0.15, 0.2) is 0 Å². The van der Waals surface area contributed by atoms with Crippen molar-refractivity contribution in [1.82, 2.24) is 4.90 Å². The van der Waals surface area contributed by atoms with E-state index in [0.717, 1.165) is 18.7 Å². The molecule has 4 nitrogen and oxygen atoms in total. The van der Waals surface area contributed by atoms with Crippen molar-refractivity contribution < 1.29 is 9.90 Å². The van der Waals surface area contributed by atoms with Gasteiger partial charge in [0.1, 0.15) is 5.75 Å². The van der Waals surface area contributed by atoms with Gasteiger partial charge in [0, 0.05) is 11.8 Å². The number of nitrogens with one attached hydrogen (secondary N) is 1. The lowest BCUT2D eigenvalue weighted by atomic mass is 10.2. The quantitative estimate of drug-likeness (QED) is 0.837. The monoisotopic (exact) mass is 234 g/mol. The fraction of sp³-hybridized carbons (Fsp3) is 0.462. The molecule has 1 heterocycles. The largest absolute Gasteiger partial charge is 0.508 e. The molecule has 0 aliphatic carbocycles. The number of hydrogen-bond acceptors (Lipinski definition) is 3. The summed E-state index contributed by atoms with van der Waals surface area (Å²) in [6, 6.07) is 5.18. The fourth-order valence-electron chi connectivity index (χ4n) is 2.03. The summed E-state index contributed by atoms with van der Waals surface area (Å²) in [5.41, 5.74) is 1.46. The van der Waals surface area contributed by atoms with Gasteiger partial charge in [-0.3, -0.25) is 9.69 Å². The third-order valence-electron chi connectivity index (χ3n) is 3.06. The summed E-state index contributed by atoms with van der Waals surface area (Å²) < 4.78 is 0. The van der Waals surface area contributed by atoms with Crippen LogP contribution in [0.5, 0.6) is 5.75 Å². The standard InChI is InChI=1S/C13H18N2O2/c1-10-4-5-11(8-12(10)16)14-13(17)9-15-6-2-3-7-15/h4-5,8,16H,2-3,6-7,9H2,1H3,(H,14,17). The molecule has 1 saturated heterocycles. The maximum atomic E-state index is 11.7. The van der Waals surface area contributed by atoms with Crippen molar-refractivity contribution in [2.75, 3.05) is 25.0 Å². The molecule has 2 rings (SSSR count). The van der Waals surface area contributed by atoms with Crippen LogP contribution in [0.25, 0.3) is 0 Å². The van der Waals surface area contributed by atoms with Crippen molar-refractivity contribution in [1.29, 1.82) is 0 Å². The molecule has 17 heavy (non-hydrogen) atoms. The number of nitrogens with zero attached hydrogens (tertiary/aromatic N) is 1. The van der Waals surface area contributed by atoms with Crippen molar-refractivity contribution in [3.63, 3.8) is 0 Å². The molecule has 1 amide bonds. The Morgan fingerprint density at radius 3 is 2.76 bits per heavy atom. The van der Waals surface area contributed by atoms with Crippen molar-refractivity contribution in [3.8, 4) is 5.75 Å². The van der Waals surface area contributed by atoms with Crippen molar-refractivity contribution in [2.45, 2.75) is 19.8 Å². The molecule has 0 spiro atoms. The maximum Gasteiger partial charge on any atom is 0.238 e. The summed E-state index contributed by atoms with van der Waals surface area (Å²) >= 11 is 0. The van der Waals surface area contributed by atoms with Crippen LogP contribution in [-0.2, 0) is 4.79 Å². The van der Waals surface area contributed by atoms with Gasteiger partial charge < -0.3 is 10.4 Å². The summed E-state index contributed by atoms with van der Waals surface area (Å²) in [5.74, 6) is 0.194. The third-order valence-corrected chi connectivity index (χ3v) is 3.06. The summed E-state index contributed by atoms with van der Waals surface area (Å²) in [4.78, 5) is 13.9. The Kier molecular flexibility index (Phi) is 3.64. The minimum atomic E-state index is -0.0184. The lowest BCUT2D eigenvalue weighted by molar-refractivity contribution is -0.117. The third kappa shape index (κ3) is 3.20. The lowest BCUT2D eigenvalue weighted by Gasteiger charge is -2.14. The predicted octanol–water partition coefficient (Wildman–Crippen LogP) is 1.73. The van der Waals surface area contributed by atoms with Crippen LogP contribution < -0.4 is 5.32 Å². The van der Waals surface area contributed by atoms with E-state index in [4.69, 9.17) is 0 Å². The van der Waals surface area contributed by atoms with Gasteiger partial charge in [0.25, 0.3) is 0 Å². The van der Waals surface area contributed by atoms with Gasteiger partial charge in [-0.25, -0.2) is 0 Å². The number of phenolic OH excluding ortho intramolecular Hbond substituents is 1. The molecule has 0 bridgehead atoms. The van der Waals surface area contributed by atoms with Crippen LogP contribution in [0.15, 0.2) is 18.2 Å². The van der Waals surface area contributed by atoms with Crippen LogP contribution in [-0.4, -0.2) is 35.5 Å². The van der Waals surface area contributed by atoms with E-state index in [1.54, 1.807) is 18.2 Å². The molecule has 0 radical (unpaired) electrons. The van der Waals surface area contributed by atoms with Crippen LogP contribution >= 0.6 is 0 Å². The number of likely N-dealkylation sites (tertiary alicyclic amines) is 1. The van der Waals surface area contributed by atoms with E-state index in [0.29, 0.717) is 12.2 Å². The minimum Gasteiger partial charge on any atom is -0.508 e. The Labute approximate surface area is 101 Å². The zero-order valence-electron chi connectivity index (χ0n) is 10.1. The molecule has 2 N–H and O–H groups in total. The fourth-order valence-corrected chi connectivity index (χ4v) is 2.03.